The van der Waals surface area contributed by atoms with Gasteiger partial charge in [0, 0.05) is 6.54 Å². The molecule has 128 valence electrons. The van der Waals surface area contributed by atoms with Crippen molar-refractivity contribution in [3.05, 3.63) is 46.8 Å². The van der Waals surface area contributed by atoms with Gasteiger partial charge in [0.25, 0.3) is 0 Å². The number of carbonyl (C=O) groups is 3. The molecule has 1 aromatic carbocycles. The van der Waals surface area contributed by atoms with Gasteiger partial charge >= 0.3 is 5.97 Å². The Morgan fingerprint density at radius 1 is 1.38 bits per heavy atom. The molecule has 0 bridgehead atoms. The smallest absolute Gasteiger partial charge is 0.333 e. The van der Waals surface area contributed by atoms with Crippen LogP contribution in [0.15, 0.2) is 35.4 Å². The van der Waals surface area contributed by atoms with E-state index in [1.165, 1.54) is 42.0 Å². The number of benzene rings is 1. The van der Waals surface area contributed by atoms with E-state index in [-0.39, 0.29) is 29.9 Å². The van der Waals surface area contributed by atoms with Crippen LogP contribution in [-0.4, -0.2) is 48.6 Å². The van der Waals surface area contributed by atoms with Gasteiger partial charge in [0.2, 0.25) is 11.8 Å². The second kappa shape index (κ2) is 8.49. The summed E-state index contributed by atoms with van der Waals surface area (Å²) in [6, 6.07) is 6.03. The van der Waals surface area contributed by atoms with Crippen LogP contribution >= 0.6 is 11.8 Å². The molecule has 1 aromatic rings. The second-order valence-electron chi connectivity index (χ2n) is 5.00. The van der Waals surface area contributed by atoms with Gasteiger partial charge in [-0.3, -0.25) is 14.5 Å². The number of methoxy groups -OCH3 is 1. The maximum atomic E-state index is 12.8. The lowest BCUT2D eigenvalue weighted by molar-refractivity contribution is -0.135. The van der Waals surface area contributed by atoms with E-state index in [1.807, 2.05) is 0 Å². The van der Waals surface area contributed by atoms with E-state index in [0.717, 1.165) is 5.56 Å². The molecule has 0 unspecified atom stereocenters. The third-order valence-corrected chi connectivity index (χ3v) is 4.33. The molecule has 1 fully saturated rings. The Labute approximate surface area is 143 Å². The van der Waals surface area contributed by atoms with Crippen molar-refractivity contribution in [1.82, 2.24) is 10.2 Å². The lowest BCUT2D eigenvalue weighted by Gasteiger charge is -2.16. The average Bonchev–Trinajstić information content (AvgIpc) is 2.89. The van der Waals surface area contributed by atoms with Crippen LogP contribution in [0.5, 0.6) is 0 Å². The molecule has 0 saturated carbocycles. The maximum Gasteiger partial charge on any atom is 0.333 e. The molecule has 0 aromatic heterocycles. The number of amides is 2. The van der Waals surface area contributed by atoms with E-state index in [1.54, 1.807) is 12.1 Å². The van der Waals surface area contributed by atoms with Gasteiger partial charge < -0.3 is 10.1 Å². The zero-order valence-corrected chi connectivity index (χ0v) is 13.9. The fourth-order valence-corrected chi connectivity index (χ4v) is 2.99. The molecule has 0 radical (unpaired) electrons. The summed E-state index contributed by atoms with van der Waals surface area (Å²) in [5.41, 5.74) is 0.899. The van der Waals surface area contributed by atoms with E-state index in [9.17, 15) is 18.8 Å². The summed E-state index contributed by atoms with van der Waals surface area (Å²) < 4.78 is 17.3. The van der Waals surface area contributed by atoms with Crippen molar-refractivity contribution >= 4 is 29.5 Å². The van der Waals surface area contributed by atoms with Crippen LogP contribution in [0.25, 0.3) is 0 Å². The summed E-state index contributed by atoms with van der Waals surface area (Å²) >= 11 is 1.19. The minimum absolute atomic E-state index is 0.155. The third-order valence-electron chi connectivity index (χ3n) is 3.30. The first kappa shape index (κ1) is 18.0. The number of halogens is 1. The van der Waals surface area contributed by atoms with Crippen molar-refractivity contribution in [1.29, 1.82) is 0 Å². The van der Waals surface area contributed by atoms with Crippen LogP contribution in [0.1, 0.15) is 5.56 Å². The number of hydrogen-bond acceptors (Lipinski definition) is 5. The van der Waals surface area contributed by atoms with Crippen molar-refractivity contribution in [3.63, 3.8) is 0 Å². The van der Waals surface area contributed by atoms with E-state index in [4.69, 9.17) is 0 Å². The van der Waals surface area contributed by atoms with Gasteiger partial charge in [-0.1, -0.05) is 23.9 Å². The first-order valence-corrected chi connectivity index (χ1v) is 8.22. The van der Waals surface area contributed by atoms with Crippen LogP contribution < -0.4 is 5.32 Å². The van der Waals surface area contributed by atoms with Gasteiger partial charge in [-0.05, 0) is 24.1 Å². The van der Waals surface area contributed by atoms with Gasteiger partial charge in [-0.25, -0.2) is 9.18 Å². The van der Waals surface area contributed by atoms with Gasteiger partial charge in [-0.2, -0.15) is 0 Å². The number of carbonyl (C=O) groups excluding carboxylic acids is 3. The minimum Gasteiger partial charge on any atom is -0.466 e. The fraction of sp³-hybridized carbons (Fsp3) is 0.312. The molecule has 1 N–H and O–H groups in total. The van der Waals surface area contributed by atoms with Gasteiger partial charge in [0.1, 0.15) is 12.4 Å². The lowest BCUT2D eigenvalue weighted by Crippen LogP contribution is -2.38. The highest BCUT2D eigenvalue weighted by molar-refractivity contribution is 8.04. The molecule has 0 spiro atoms. The Balaban J connectivity index is 1.84. The normalized spacial score (nSPS) is 15.7. The molecule has 6 nitrogen and oxygen atoms in total. The molecule has 24 heavy (non-hydrogen) atoms. The summed E-state index contributed by atoms with van der Waals surface area (Å²) in [7, 11) is 1.24. The molecule has 2 amide bonds. The van der Waals surface area contributed by atoms with Crippen molar-refractivity contribution in [2.45, 2.75) is 6.42 Å². The highest BCUT2D eigenvalue weighted by Crippen LogP contribution is 2.28. The van der Waals surface area contributed by atoms with Crippen LogP contribution in [0, 0.1) is 5.82 Å². The molecule has 0 aliphatic carbocycles. The fourth-order valence-electron chi connectivity index (χ4n) is 2.06. The van der Waals surface area contributed by atoms with E-state index >= 15 is 0 Å². The topological polar surface area (TPSA) is 75.7 Å². The summed E-state index contributed by atoms with van der Waals surface area (Å²) in [4.78, 5) is 36.3. The Morgan fingerprint density at radius 2 is 2.08 bits per heavy atom. The highest BCUT2D eigenvalue weighted by atomic mass is 32.2. The summed E-state index contributed by atoms with van der Waals surface area (Å²) in [6.07, 6.45) is 1.75. The zero-order chi connectivity index (χ0) is 17.5. The van der Waals surface area contributed by atoms with Crippen molar-refractivity contribution < 1.29 is 23.5 Å². The molecule has 1 aliphatic heterocycles. The number of thioether (sulfide) groups is 1. The standard InChI is InChI=1S/C16H17FN2O4S/c1-23-16(22)8-15-19(14(21)10-24-15)9-13(20)18-7-6-11-2-4-12(17)5-3-11/h2-5,8H,6-7,9-10H2,1H3,(H,18,20). The summed E-state index contributed by atoms with van der Waals surface area (Å²) in [5, 5.41) is 3.11. The number of nitrogens with zero attached hydrogens (tertiary/aromatic N) is 1. The third kappa shape index (κ3) is 5.09. The quantitative estimate of drug-likeness (QED) is 0.612. The van der Waals surface area contributed by atoms with Crippen molar-refractivity contribution in [3.8, 4) is 0 Å². The van der Waals surface area contributed by atoms with Gasteiger partial charge in [-0.15, -0.1) is 0 Å². The molecular weight excluding hydrogens is 335 g/mol. The van der Waals surface area contributed by atoms with E-state index in [0.29, 0.717) is 18.0 Å². The molecule has 1 saturated heterocycles. The molecule has 1 heterocycles. The number of rotatable bonds is 6. The average molecular weight is 352 g/mol. The van der Waals surface area contributed by atoms with Gasteiger partial charge in [0.05, 0.1) is 24.0 Å². The van der Waals surface area contributed by atoms with Crippen LogP contribution in [0.4, 0.5) is 4.39 Å². The van der Waals surface area contributed by atoms with Crippen molar-refractivity contribution in [2.75, 3.05) is 26.0 Å². The Kier molecular flexibility index (Phi) is 6.36. The molecule has 0 atom stereocenters. The molecular formula is C16H17FN2O4S. The minimum atomic E-state index is -0.575. The molecule has 8 heteroatoms. The Morgan fingerprint density at radius 3 is 2.75 bits per heavy atom. The predicted molar refractivity (Wildman–Crippen MR) is 87.4 cm³/mol. The molecule has 2 rings (SSSR count). The number of hydrogen-bond donors (Lipinski definition) is 1. The van der Waals surface area contributed by atoms with E-state index in [2.05, 4.69) is 10.1 Å². The predicted octanol–water partition coefficient (Wildman–Crippen LogP) is 1.07. The van der Waals surface area contributed by atoms with Crippen LogP contribution in [-0.2, 0) is 25.5 Å². The Hall–Kier alpha value is -2.35. The second-order valence-corrected chi connectivity index (χ2v) is 6.00. The lowest BCUT2D eigenvalue weighted by atomic mass is 10.1. The number of esters is 1. The summed E-state index contributed by atoms with van der Waals surface area (Å²) in [5.74, 6) is -1.26. The molecule has 1 aliphatic rings. The Bertz CT molecular complexity index is 661. The van der Waals surface area contributed by atoms with Gasteiger partial charge in [0.15, 0.2) is 0 Å². The largest absolute Gasteiger partial charge is 0.466 e. The zero-order valence-electron chi connectivity index (χ0n) is 13.1. The highest BCUT2D eigenvalue weighted by Gasteiger charge is 2.29. The van der Waals surface area contributed by atoms with Crippen LogP contribution in [0.3, 0.4) is 0 Å². The number of ether oxygens (including phenoxy) is 1. The SMILES string of the molecule is COC(=O)C=C1SCC(=O)N1CC(=O)NCCc1ccc(F)cc1. The van der Waals surface area contributed by atoms with Crippen molar-refractivity contribution in [2.24, 2.45) is 0 Å². The first-order valence-electron chi connectivity index (χ1n) is 7.23. The first-order chi connectivity index (χ1) is 11.5. The monoisotopic (exact) mass is 352 g/mol. The number of nitrogens with one attached hydrogen (secondary N) is 1. The summed E-state index contributed by atoms with van der Waals surface area (Å²) in [6.45, 7) is 0.216. The van der Waals surface area contributed by atoms with E-state index < -0.39 is 5.97 Å². The maximum absolute atomic E-state index is 12.8. The van der Waals surface area contributed by atoms with Crippen LogP contribution in [0.2, 0.25) is 0 Å².